The summed E-state index contributed by atoms with van der Waals surface area (Å²) in [5.74, 6) is 0.806. The van der Waals surface area contributed by atoms with Gasteiger partial charge in [0.05, 0.1) is 8.66 Å². The fourth-order valence-corrected chi connectivity index (χ4v) is 3.45. The highest BCUT2D eigenvalue weighted by molar-refractivity contribution is 9.11. The van der Waals surface area contributed by atoms with Crippen LogP contribution in [0.15, 0.2) is 20.4 Å². The number of anilines is 1. The van der Waals surface area contributed by atoms with Crippen LogP contribution in [0, 0.1) is 0 Å². The quantitative estimate of drug-likeness (QED) is 0.757. The third-order valence-electron chi connectivity index (χ3n) is 2.56. The van der Waals surface area contributed by atoms with Gasteiger partial charge in [-0.15, -0.1) is 11.3 Å². The van der Waals surface area contributed by atoms with Gasteiger partial charge in [0.25, 0.3) is 5.91 Å². The maximum Gasteiger partial charge on any atom is 0.259 e. The van der Waals surface area contributed by atoms with Gasteiger partial charge in [-0.05, 0) is 46.5 Å². The van der Waals surface area contributed by atoms with Gasteiger partial charge in [-0.1, -0.05) is 5.16 Å². The van der Waals surface area contributed by atoms with Gasteiger partial charge in [0.2, 0.25) is 5.88 Å². The highest BCUT2D eigenvalue weighted by atomic mass is 79.9. The number of amides is 1. The number of thioether (sulfide) groups is 1. The number of carbonyl (C=O) groups is 1. The summed E-state index contributed by atoms with van der Waals surface area (Å²) in [4.78, 5) is 13.0. The van der Waals surface area contributed by atoms with Gasteiger partial charge in [-0.3, -0.25) is 4.79 Å². The van der Waals surface area contributed by atoms with E-state index in [0.29, 0.717) is 17.8 Å². The summed E-state index contributed by atoms with van der Waals surface area (Å²) in [6, 6.07) is 3.77. The van der Waals surface area contributed by atoms with Crippen molar-refractivity contribution >= 4 is 50.8 Å². The van der Waals surface area contributed by atoms with Gasteiger partial charge in [-0.25, -0.2) is 0 Å². The third kappa shape index (κ3) is 3.56. The molecule has 0 fully saturated rings. The number of hydrogen-bond acceptors (Lipinski definition) is 6. The zero-order valence-corrected chi connectivity index (χ0v) is 14.0. The van der Waals surface area contributed by atoms with Crippen molar-refractivity contribution in [3.8, 4) is 10.6 Å². The zero-order chi connectivity index (χ0) is 14.5. The lowest BCUT2D eigenvalue weighted by Crippen LogP contribution is -2.25. The summed E-state index contributed by atoms with van der Waals surface area (Å²) < 4.78 is 5.92. The molecule has 1 amide bonds. The Morgan fingerprint density at radius 1 is 1.60 bits per heavy atom. The van der Waals surface area contributed by atoms with Crippen molar-refractivity contribution in [3.05, 3.63) is 21.5 Å². The molecule has 0 aliphatic carbocycles. The van der Waals surface area contributed by atoms with E-state index in [-0.39, 0.29) is 11.8 Å². The fourth-order valence-electron chi connectivity index (χ4n) is 1.64. The lowest BCUT2D eigenvalue weighted by molar-refractivity contribution is 0.0955. The number of rotatable bonds is 6. The van der Waals surface area contributed by atoms with Crippen LogP contribution in [0.5, 0.6) is 0 Å². The number of nitrogen functional groups attached to an aromatic ring is 1. The Morgan fingerprint density at radius 3 is 3.05 bits per heavy atom. The maximum atomic E-state index is 12.2. The van der Waals surface area contributed by atoms with Crippen LogP contribution in [0.2, 0.25) is 0 Å². The molecule has 2 rings (SSSR count). The minimum Gasteiger partial charge on any atom is -0.367 e. The number of hydrogen-bond donors (Lipinski definition) is 2. The molecule has 8 heteroatoms. The minimum absolute atomic E-state index is 0.0480. The molecule has 0 aromatic carbocycles. The van der Waals surface area contributed by atoms with Crippen LogP contribution in [0.3, 0.4) is 0 Å². The number of nitrogens with one attached hydrogen (secondary N) is 1. The van der Waals surface area contributed by atoms with Crippen molar-refractivity contribution in [2.75, 3.05) is 24.3 Å². The van der Waals surface area contributed by atoms with E-state index in [1.165, 1.54) is 11.3 Å². The van der Waals surface area contributed by atoms with E-state index >= 15 is 0 Å². The molecule has 108 valence electrons. The topological polar surface area (TPSA) is 81.2 Å². The summed E-state index contributed by atoms with van der Waals surface area (Å²) in [6.45, 7) is 0.609. The second kappa shape index (κ2) is 7.14. The van der Waals surface area contributed by atoms with Crippen LogP contribution in [0.4, 0.5) is 5.88 Å². The number of nitrogens with zero attached hydrogens (tertiary/aromatic N) is 1. The van der Waals surface area contributed by atoms with E-state index in [9.17, 15) is 4.79 Å². The lowest BCUT2D eigenvalue weighted by atomic mass is 10.2. The van der Waals surface area contributed by atoms with Gasteiger partial charge in [0.1, 0.15) is 11.3 Å². The van der Waals surface area contributed by atoms with Crippen molar-refractivity contribution in [3.63, 3.8) is 0 Å². The molecule has 2 aromatic heterocycles. The average Bonchev–Trinajstić information content (AvgIpc) is 3.00. The molecule has 0 unspecified atom stereocenters. The maximum absolute atomic E-state index is 12.2. The van der Waals surface area contributed by atoms with Crippen molar-refractivity contribution in [1.29, 1.82) is 0 Å². The fraction of sp³-hybridized carbons (Fsp3) is 0.333. The highest BCUT2D eigenvalue weighted by Gasteiger charge is 2.23. The van der Waals surface area contributed by atoms with Crippen molar-refractivity contribution in [2.24, 2.45) is 0 Å². The van der Waals surface area contributed by atoms with Gasteiger partial charge in [0, 0.05) is 6.54 Å². The summed E-state index contributed by atoms with van der Waals surface area (Å²) in [5, 5.41) is 6.73. The first-order valence-corrected chi connectivity index (χ1v) is 8.91. The molecule has 2 heterocycles. The molecule has 0 aliphatic heterocycles. The average molecular weight is 376 g/mol. The molecule has 0 aliphatic rings. The van der Waals surface area contributed by atoms with Crippen molar-refractivity contribution in [1.82, 2.24) is 10.5 Å². The first-order valence-electron chi connectivity index (χ1n) is 5.91. The van der Waals surface area contributed by atoms with E-state index in [4.69, 9.17) is 10.3 Å². The van der Waals surface area contributed by atoms with E-state index < -0.39 is 0 Å². The monoisotopic (exact) mass is 375 g/mol. The number of carbonyl (C=O) groups excluding carboxylic acids is 1. The Balaban J connectivity index is 2.15. The van der Waals surface area contributed by atoms with E-state index in [2.05, 4.69) is 26.4 Å². The largest absolute Gasteiger partial charge is 0.367 e. The second-order valence-electron chi connectivity index (χ2n) is 3.98. The van der Waals surface area contributed by atoms with Crippen LogP contribution in [0.1, 0.15) is 16.8 Å². The van der Waals surface area contributed by atoms with Gasteiger partial charge >= 0.3 is 0 Å². The smallest absolute Gasteiger partial charge is 0.259 e. The van der Waals surface area contributed by atoms with E-state index in [0.717, 1.165) is 20.8 Å². The molecule has 5 nitrogen and oxygen atoms in total. The second-order valence-corrected chi connectivity index (χ2v) is 7.43. The standard InChI is InChI=1S/C12H14BrN3O2S2/c1-19-6-2-5-15-12(17)9-10(16-18-11(9)14)7-3-4-8(13)20-7/h3-4H,2,5-6,14H2,1H3,(H,15,17). The molecular weight excluding hydrogens is 362 g/mol. The first-order chi connectivity index (χ1) is 9.63. The predicted octanol–water partition coefficient (Wildman–Crippen LogP) is 3.23. The summed E-state index contributed by atoms with van der Waals surface area (Å²) >= 11 is 6.60. The van der Waals surface area contributed by atoms with Gasteiger partial charge in [0.15, 0.2) is 0 Å². The van der Waals surface area contributed by atoms with Crippen LogP contribution in [0.25, 0.3) is 10.6 Å². The number of thiophene rings is 1. The van der Waals surface area contributed by atoms with Crippen LogP contribution >= 0.6 is 39.0 Å². The number of aromatic nitrogens is 1. The molecule has 2 aromatic rings. The molecule has 0 spiro atoms. The zero-order valence-electron chi connectivity index (χ0n) is 10.8. The van der Waals surface area contributed by atoms with Crippen molar-refractivity contribution < 1.29 is 9.32 Å². The van der Waals surface area contributed by atoms with Crippen molar-refractivity contribution in [2.45, 2.75) is 6.42 Å². The molecular formula is C12H14BrN3O2S2. The van der Waals surface area contributed by atoms with Crippen LogP contribution in [-0.4, -0.2) is 29.6 Å². The Labute approximate surface area is 133 Å². The molecule has 0 saturated carbocycles. The van der Waals surface area contributed by atoms with Gasteiger partial charge in [-0.2, -0.15) is 11.8 Å². The molecule has 0 radical (unpaired) electrons. The third-order valence-corrected chi connectivity index (χ3v) is 4.89. The Hall–Kier alpha value is -0.990. The Morgan fingerprint density at radius 2 is 2.40 bits per heavy atom. The normalized spacial score (nSPS) is 10.7. The number of nitrogens with two attached hydrogens (primary N) is 1. The Bertz CT molecular complexity index is 597. The molecule has 20 heavy (non-hydrogen) atoms. The van der Waals surface area contributed by atoms with Crippen LogP contribution in [-0.2, 0) is 0 Å². The van der Waals surface area contributed by atoms with E-state index in [1.807, 2.05) is 18.4 Å². The highest BCUT2D eigenvalue weighted by Crippen LogP contribution is 2.34. The molecule has 0 saturated heterocycles. The summed E-state index contributed by atoms with van der Waals surface area (Å²) in [6.07, 6.45) is 2.95. The van der Waals surface area contributed by atoms with Gasteiger partial charge < -0.3 is 15.6 Å². The van der Waals surface area contributed by atoms with E-state index in [1.54, 1.807) is 11.8 Å². The predicted molar refractivity (Wildman–Crippen MR) is 87.3 cm³/mol. The Kier molecular flexibility index (Phi) is 5.50. The molecule has 0 bridgehead atoms. The number of halogens is 1. The first kappa shape index (κ1) is 15.4. The molecule has 3 N–H and O–H groups in total. The minimum atomic E-state index is -0.246. The SMILES string of the molecule is CSCCCNC(=O)c1c(-c2ccc(Br)s2)noc1N. The summed E-state index contributed by atoms with van der Waals surface area (Å²) in [7, 11) is 0. The molecule has 0 atom stereocenters. The lowest BCUT2D eigenvalue weighted by Gasteiger charge is -2.04. The summed E-state index contributed by atoms with van der Waals surface area (Å²) in [5.41, 5.74) is 6.51. The van der Waals surface area contributed by atoms with Crippen LogP contribution < -0.4 is 11.1 Å².